The topological polar surface area (TPSA) is 32.8 Å². The molecule has 2 unspecified atom stereocenters. The highest BCUT2D eigenvalue weighted by Gasteiger charge is 2.40. The third kappa shape index (κ3) is 3.13. The molecule has 2 atom stereocenters. The quantitative estimate of drug-likeness (QED) is 0.590. The molecule has 0 bridgehead atoms. The maximum Gasteiger partial charge on any atom is 0.311 e. The number of ether oxygens (including phenoxy) is 1. The normalized spacial score (nSPS) is 22.5. The van der Waals surface area contributed by atoms with Gasteiger partial charge in [-0.2, -0.15) is 0 Å². The summed E-state index contributed by atoms with van der Waals surface area (Å²) < 4.78 is 4.87. The molecule has 146 valence electrons. The van der Waals surface area contributed by atoms with Gasteiger partial charge in [-0.1, -0.05) is 30.3 Å². The monoisotopic (exact) mass is 394 g/mol. The van der Waals surface area contributed by atoms with Gasteiger partial charge in [0, 0.05) is 43.8 Å². The molecule has 3 aliphatic rings. The number of fused-ring (bicyclic) bond motifs is 1. The van der Waals surface area contributed by atoms with E-state index < -0.39 is 0 Å². The zero-order chi connectivity index (χ0) is 19.3. The van der Waals surface area contributed by atoms with Crippen molar-refractivity contribution in [2.45, 2.75) is 24.8 Å². The van der Waals surface area contributed by atoms with E-state index in [0.717, 1.165) is 32.6 Å². The predicted molar refractivity (Wildman–Crippen MR) is 115 cm³/mol. The molecular formula is C23H27N2O2P. The van der Waals surface area contributed by atoms with E-state index in [0.29, 0.717) is 12.0 Å². The summed E-state index contributed by atoms with van der Waals surface area (Å²) in [4.78, 5) is 16.6. The number of rotatable bonds is 4. The van der Waals surface area contributed by atoms with E-state index >= 15 is 0 Å². The highest BCUT2D eigenvalue weighted by Crippen LogP contribution is 2.41. The summed E-state index contributed by atoms with van der Waals surface area (Å²) in [5.74, 6) is 0.631. The van der Waals surface area contributed by atoms with Gasteiger partial charge in [0.2, 0.25) is 0 Å². The number of aryl methyl sites for hydroxylation is 1. The number of anilines is 1. The lowest BCUT2D eigenvalue weighted by Crippen LogP contribution is -2.51. The molecule has 0 aromatic heterocycles. The van der Waals surface area contributed by atoms with E-state index in [1.54, 1.807) is 0 Å². The second kappa shape index (κ2) is 7.17. The van der Waals surface area contributed by atoms with E-state index in [1.165, 1.54) is 41.2 Å². The Morgan fingerprint density at radius 2 is 1.93 bits per heavy atom. The van der Waals surface area contributed by atoms with Crippen LogP contribution in [0.5, 0.6) is 0 Å². The van der Waals surface area contributed by atoms with Crippen LogP contribution in [0.3, 0.4) is 0 Å². The molecule has 5 heteroatoms. The fraction of sp³-hybridized carbons (Fsp3) is 0.435. The lowest BCUT2D eigenvalue weighted by atomic mass is 9.88. The molecule has 2 heterocycles. The summed E-state index contributed by atoms with van der Waals surface area (Å²) in [6.07, 6.45) is 2.32. The van der Waals surface area contributed by atoms with Crippen LogP contribution in [0.15, 0.2) is 42.5 Å². The molecule has 0 saturated carbocycles. The van der Waals surface area contributed by atoms with Crippen molar-refractivity contribution in [1.29, 1.82) is 0 Å². The predicted octanol–water partition coefficient (Wildman–Crippen LogP) is 2.88. The van der Waals surface area contributed by atoms with E-state index in [4.69, 9.17) is 4.74 Å². The first-order chi connectivity index (χ1) is 13.6. The molecule has 28 heavy (non-hydrogen) atoms. The molecule has 2 aromatic carbocycles. The minimum Gasteiger partial charge on any atom is -0.469 e. The standard InChI is InChI=1S/C23H27N2O2P/c1-27-23(26)18-13-25(14-18)22-8-6-16-9-15(5-7-21(16)22)17-11-24(12-17)19-3-2-4-20(28)10-19/h2-5,7,9-10,17-18,22H,6,8,11-14,28H2,1H3. The van der Waals surface area contributed by atoms with E-state index in [1.807, 2.05) is 0 Å². The zero-order valence-corrected chi connectivity index (χ0v) is 17.5. The molecule has 0 amide bonds. The first-order valence-corrected chi connectivity index (χ1v) is 10.7. The highest BCUT2D eigenvalue weighted by atomic mass is 31.0. The second-order valence-electron chi connectivity index (χ2n) is 8.38. The Kier molecular flexibility index (Phi) is 4.65. The van der Waals surface area contributed by atoms with Crippen LogP contribution in [0.25, 0.3) is 0 Å². The molecule has 2 saturated heterocycles. The van der Waals surface area contributed by atoms with Crippen molar-refractivity contribution in [3.8, 4) is 0 Å². The third-order valence-corrected chi connectivity index (χ3v) is 7.05. The average Bonchev–Trinajstić information content (AvgIpc) is 3.02. The molecule has 0 N–H and O–H groups in total. The highest BCUT2D eigenvalue weighted by molar-refractivity contribution is 7.27. The molecule has 2 fully saturated rings. The van der Waals surface area contributed by atoms with Gasteiger partial charge in [0.05, 0.1) is 13.0 Å². The van der Waals surface area contributed by atoms with E-state index in [2.05, 4.69) is 61.5 Å². The van der Waals surface area contributed by atoms with Gasteiger partial charge in [-0.25, -0.2) is 0 Å². The van der Waals surface area contributed by atoms with Crippen LogP contribution in [0.1, 0.15) is 35.1 Å². The lowest BCUT2D eigenvalue weighted by Gasteiger charge is -2.42. The summed E-state index contributed by atoms with van der Waals surface area (Å²) >= 11 is 0. The van der Waals surface area contributed by atoms with Crippen molar-refractivity contribution in [2.75, 3.05) is 38.2 Å². The Balaban J connectivity index is 1.23. The molecule has 2 aliphatic heterocycles. The first-order valence-electron chi connectivity index (χ1n) is 10.2. The Morgan fingerprint density at radius 1 is 1.11 bits per heavy atom. The minimum atomic E-state index is -0.0634. The van der Waals surface area contributed by atoms with Crippen molar-refractivity contribution in [3.05, 3.63) is 59.2 Å². The first kappa shape index (κ1) is 18.1. The summed E-state index contributed by atoms with van der Waals surface area (Å²) in [6.45, 7) is 3.88. The third-order valence-electron chi connectivity index (χ3n) is 6.69. The molecule has 2 aromatic rings. The number of methoxy groups -OCH3 is 1. The Bertz CT molecular complexity index is 903. The number of carbonyl (C=O) groups excluding carboxylic acids is 1. The van der Waals surface area contributed by atoms with Crippen LogP contribution in [0.2, 0.25) is 0 Å². The van der Waals surface area contributed by atoms with Crippen molar-refractivity contribution in [1.82, 2.24) is 4.90 Å². The largest absolute Gasteiger partial charge is 0.469 e. The van der Waals surface area contributed by atoms with Crippen molar-refractivity contribution in [3.63, 3.8) is 0 Å². The van der Waals surface area contributed by atoms with Crippen LogP contribution in [0, 0.1) is 5.92 Å². The van der Waals surface area contributed by atoms with Gasteiger partial charge in [-0.05, 0) is 47.0 Å². The van der Waals surface area contributed by atoms with Gasteiger partial charge < -0.3 is 9.64 Å². The van der Waals surface area contributed by atoms with Gasteiger partial charge in [0.1, 0.15) is 0 Å². The molecule has 0 spiro atoms. The lowest BCUT2D eigenvalue weighted by molar-refractivity contribution is -0.152. The Hall–Kier alpha value is -1.90. The Labute approximate surface area is 169 Å². The maximum atomic E-state index is 11.7. The van der Waals surface area contributed by atoms with Gasteiger partial charge in [-0.15, -0.1) is 9.24 Å². The van der Waals surface area contributed by atoms with Crippen molar-refractivity contribution < 1.29 is 9.53 Å². The maximum absolute atomic E-state index is 11.7. The van der Waals surface area contributed by atoms with Crippen LogP contribution in [-0.2, 0) is 16.0 Å². The Morgan fingerprint density at radius 3 is 2.68 bits per heavy atom. The molecule has 5 rings (SSSR count). The van der Waals surface area contributed by atoms with Gasteiger partial charge in [0.25, 0.3) is 0 Å². The number of nitrogens with zero attached hydrogens (tertiary/aromatic N) is 2. The fourth-order valence-corrected chi connectivity index (χ4v) is 5.23. The molecule has 0 radical (unpaired) electrons. The van der Waals surface area contributed by atoms with Crippen LogP contribution >= 0.6 is 9.24 Å². The van der Waals surface area contributed by atoms with Crippen molar-refractivity contribution >= 4 is 26.2 Å². The van der Waals surface area contributed by atoms with E-state index in [9.17, 15) is 4.79 Å². The summed E-state index contributed by atoms with van der Waals surface area (Å²) in [5.41, 5.74) is 5.78. The summed E-state index contributed by atoms with van der Waals surface area (Å²) in [6, 6.07) is 16.3. The number of likely N-dealkylation sites (tertiary alicyclic amines) is 1. The van der Waals surface area contributed by atoms with Crippen LogP contribution < -0.4 is 10.2 Å². The number of carbonyl (C=O) groups is 1. The van der Waals surface area contributed by atoms with Crippen LogP contribution in [0.4, 0.5) is 5.69 Å². The SMILES string of the molecule is COC(=O)C1CN(C2CCc3cc(C4CN(c5cccc(P)c5)C4)ccc32)C1. The van der Waals surface area contributed by atoms with Gasteiger partial charge in [0.15, 0.2) is 0 Å². The number of hydrogen-bond acceptors (Lipinski definition) is 4. The summed E-state index contributed by atoms with van der Waals surface area (Å²) in [5, 5.41) is 1.24. The molecule has 4 nitrogen and oxygen atoms in total. The number of benzene rings is 2. The molecular weight excluding hydrogens is 367 g/mol. The minimum absolute atomic E-state index is 0.0634. The second-order valence-corrected chi connectivity index (χ2v) is 9.05. The smallest absolute Gasteiger partial charge is 0.311 e. The fourth-order valence-electron chi connectivity index (χ4n) is 4.95. The van der Waals surface area contributed by atoms with E-state index in [-0.39, 0.29) is 11.9 Å². The van der Waals surface area contributed by atoms with Gasteiger partial charge >= 0.3 is 5.97 Å². The average molecular weight is 394 g/mol. The molecule has 1 aliphatic carbocycles. The summed E-state index contributed by atoms with van der Waals surface area (Å²) in [7, 11) is 4.27. The van der Waals surface area contributed by atoms with Crippen LogP contribution in [-0.4, -0.2) is 44.2 Å². The zero-order valence-electron chi connectivity index (χ0n) is 16.3. The number of hydrogen-bond donors (Lipinski definition) is 0. The van der Waals surface area contributed by atoms with Gasteiger partial charge in [-0.3, -0.25) is 9.69 Å². The number of esters is 1. The van der Waals surface area contributed by atoms with Crippen molar-refractivity contribution in [2.24, 2.45) is 5.92 Å².